The van der Waals surface area contributed by atoms with Crippen LogP contribution in [0.4, 0.5) is 19.4 Å². The molecule has 0 radical (unpaired) electrons. The highest BCUT2D eigenvalue weighted by atomic mass is 79.9. The molecule has 0 bridgehead atoms. The first kappa shape index (κ1) is 12.6. The molecule has 0 saturated carbocycles. The molecule has 0 aliphatic heterocycles. The maximum Gasteiger partial charge on any atom is 0.311 e. The molecule has 0 amide bonds. The summed E-state index contributed by atoms with van der Waals surface area (Å²) in [5.74, 6) is 0. The SMILES string of the molecule is FS(F)(F)(F)(F)c1cc2ccccc2cc1Br. The summed E-state index contributed by atoms with van der Waals surface area (Å²) in [4.78, 5) is -1.89. The van der Waals surface area contributed by atoms with E-state index in [-0.39, 0.29) is 5.39 Å². The maximum atomic E-state index is 12.7. The topological polar surface area (TPSA) is 0 Å². The fourth-order valence-electron chi connectivity index (χ4n) is 1.49. The van der Waals surface area contributed by atoms with Crippen LogP contribution >= 0.6 is 26.2 Å². The third-order valence-electron chi connectivity index (χ3n) is 2.22. The molecule has 0 unspecified atom stereocenters. The highest BCUT2D eigenvalue weighted by Gasteiger charge is 2.66. The molecular formula is C10H6BrF5S. The fraction of sp³-hybridized carbons (Fsp3) is 0. The van der Waals surface area contributed by atoms with Gasteiger partial charge in [0.05, 0.1) is 0 Å². The minimum absolute atomic E-state index is 0.124. The van der Waals surface area contributed by atoms with Crippen LogP contribution in [0.2, 0.25) is 0 Å². The second-order valence-electron chi connectivity index (χ2n) is 3.60. The van der Waals surface area contributed by atoms with Gasteiger partial charge in [-0.3, -0.25) is 0 Å². The first-order valence-electron chi connectivity index (χ1n) is 4.40. The largest absolute Gasteiger partial charge is 0.311 e. The van der Waals surface area contributed by atoms with Gasteiger partial charge in [-0.2, -0.15) is 0 Å². The molecule has 2 rings (SSSR count). The second-order valence-corrected chi connectivity index (χ2v) is 6.83. The van der Waals surface area contributed by atoms with Gasteiger partial charge in [-0.1, -0.05) is 43.7 Å². The molecule has 0 saturated heterocycles. The van der Waals surface area contributed by atoms with Gasteiger partial charge >= 0.3 is 10.2 Å². The van der Waals surface area contributed by atoms with Gasteiger partial charge in [0.2, 0.25) is 0 Å². The lowest BCUT2D eigenvalue weighted by Gasteiger charge is -2.41. The lowest BCUT2D eigenvalue weighted by Crippen LogP contribution is -2.06. The molecule has 0 heterocycles. The normalized spacial score (nSPS) is 16.6. The summed E-state index contributed by atoms with van der Waals surface area (Å²) >= 11 is 2.55. The van der Waals surface area contributed by atoms with Gasteiger partial charge in [-0.25, -0.2) is 0 Å². The number of hydrogen-bond donors (Lipinski definition) is 0. The molecule has 0 fully saturated rings. The zero-order valence-corrected chi connectivity index (χ0v) is 10.5. The molecule has 0 N–H and O–H groups in total. The number of halogens is 6. The van der Waals surface area contributed by atoms with Crippen LogP contribution in [0.3, 0.4) is 0 Å². The number of rotatable bonds is 1. The van der Waals surface area contributed by atoms with Crippen molar-refractivity contribution in [2.75, 3.05) is 0 Å². The summed E-state index contributed by atoms with van der Waals surface area (Å²) in [5, 5.41) is 0.587. The van der Waals surface area contributed by atoms with Gasteiger partial charge in [-0.05, 0) is 38.8 Å². The molecule has 2 aromatic rings. The highest BCUT2D eigenvalue weighted by Crippen LogP contribution is 3.02. The molecule has 0 aliphatic carbocycles. The van der Waals surface area contributed by atoms with Gasteiger partial charge in [0.15, 0.2) is 0 Å². The summed E-state index contributed by atoms with van der Waals surface area (Å²) < 4.78 is 62.9. The minimum atomic E-state index is -9.65. The van der Waals surface area contributed by atoms with Crippen molar-refractivity contribution >= 4 is 36.9 Å². The van der Waals surface area contributed by atoms with Gasteiger partial charge in [-0.15, -0.1) is 0 Å². The van der Waals surface area contributed by atoms with Gasteiger partial charge in [0.1, 0.15) is 4.90 Å². The molecule has 0 nitrogen and oxygen atoms in total. The van der Waals surface area contributed by atoms with E-state index in [1.54, 1.807) is 12.1 Å². The molecule has 0 aromatic heterocycles. The number of hydrogen-bond acceptors (Lipinski definition) is 0. The molecule has 17 heavy (non-hydrogen) atoms. The van der Waals surface area contributed by atoms with Crippen molar-refractivity contribution in [2.45, 2.75) is 4.90 Å². The quantitative estimate of drug-likeness (QED) is 0.540. The lowest BCUT2D eigenvalue weighted by atomic mass is 10.1. The van der Waals surface area contributed by atoms with E-state index in [1.807, 2.05) is 0 Å². The van der Waals surface area contributed by atoms with Crippen LogP contribution in [0.25, 0.3) is 10.8 Å². The van der Waals surface area contributed by atoms with Gasteiger partial charge in [0, 0.05) is 4.47 Å². The summed E-state index contributed by atoms with van der Waals surface area (Å²) in [5.41, 5.74) is 0. The Bertz CT molecular complexity index is 605. The molecule has 0 aliphatic rings. The fourth-order valence-corrected chi connectivity index (χ4v) is 3.54. The Morgan fingerprint density at radius 3 is 1.76 bits per heavy atom. The van der Waals surface area contributed by atoms with Crippen molar-refractivity contribution in [1.29, 1.82) is 0 Å². The Kier molecular flexibility index (Phi) is 2.19. The van der Waals surface area contributed by atoms with Crippen LogP contribution in [0.1, 0.15) is 0 Å². The van der Waals surface area contributed by atoms with E-state index in [0.717, 1.165) is 6.07 Å². The van der Waals surface area contributed by atoms with Crippen LogP contribution in [0, 0.1) is 0 Å². The van der Waals surface area contributed by atoms with E-state index in [9.17, 15) is 19.4 Å². The minimum Gasteiger partial charge on any atom is -0.0936 e. The molecule has 7 heteroatoms. The van der Waals surface area contributed by atoms with E-state index >= 15 is 0 Å². The zero-order valence-electron chi connectivity index (χ0n) is 8.14. The maximum absolute atomic E-state index is 12.7. The van der Waals surface area contributed by atoms with E-state index in [2.05, 4.69) is 15.9 Å². The summed E-state index contributed by atoms with van der Waals surface area (Å²) in [6, 6.07) is 7.53. The van der Waals surface area contributed by atoms with Crippen LogP contribution < -0.4 is 0 Å². The first-order chi connectivity index (χ1) is 7.47. The monoisotopic (exact) mass is 332 g/mol. The van der Waals surface area contributed by atoms with Gasteiger partial charge < -0.3 is 0 Å². The van der Waals surface area contributed by atoms with Crippen molar-refractivity contribution in [3.63, 3.8) is 0 Å². The van der Waals surface area contributed by atoms with Crippen molar-refractivity contribution < 1.29 is 19.4 Å². The van der Waals surface area contributed by atoms with Crippen molar-refractivity contribution in [2.24, 2.45) is 0 Å². The summed E-state index contributed by atoms with van der Waals surface area (Å²) in [6.45, 7) is 0. The zero-order chi connectivity index (χ0) is 13.0. The smallest absolute Gasteiger partial charge is 0.0936 e. The van der Waals surface area contributed by atoms with E-state index in [1.165, 1.54) is 12.1 Å². The van der Waals surface area contributed by atoms with Crippen molar-refractivity contribution in [3.05, 3.63) is 40.9 Å². The van der Waals surface area contributed by atoms with E-state index in [0.29, 0.717) is 11.5 Å². The van der Waals surface area contributed by atoms with Crippen LogP contribution in [-0.2, 0) is 0 Å². The Labute approximate surface area is 102 Å². The van der Waals surface area contributed by atoms with Crippen LogP contribution in [0.5, 0.6) is 0 Å². The van der Waals surface area contributed by atoms with E-state index in [4.69, 9.17) is 0 Å². The first-order valence-corrected chi connectivity index (χ1v) is 7.14. The summed E-state index contributed by atoms with van der Waals surface area (Å²) in [6.07, 6.45) is 0. The Morgan fingerprint density at radius 1 is 0.824 bits per heavy atom. The Morgan fingerprint density at radius 2 is 1.29 bits per heavy atom. The second kappa shape index (κ2) is 2.95. The average molecular weight is 333 g/mol. The third-order valence-corrected chi connectivity index (χ3v) is 4.30. The molecule has 0 spiro atoms. The van der Waals surface area contributed by atoms with Crippen LogP contribution in [0.15, 0.2) is 45.8 Å². The molecule has 2 aromatic carbocycles. The Hall–Kier alpha value is -0.820. The standard InChI is InChI=1S/C10H6BrF5S/c11-9-5-7-3-1-2-4-8(7)6-10(9)17(12,13,14,15)16/h1-6H. The predicted molar refractivity (Wildman–Crippen MR) is 63.0 cm³/mol. The predicted octanol–water partition coefficient (Wildman–Crippen LogP) is 6.26. The lowest BCUT2D eigenvalue weighted by molar-refractivity contribution is 0.363. The van der Waals surface area contributed by atoms with Crippen molar-refractivity contribution in [1.82, 2.24) is 0 Å². The summed E-state index contributed by atoms with van der Waals surface area (Å²) in [7, 11) is -9.65. The molecular weight excluding hydrogens is 327 g/mol. The average Bonchev–Trinajstić information content (AvgIpc) is 2.12. The molecule has 0 atom stereocenters. The van der Waals surface area contributed by atoms with Crippen LogP contribution in [-0.4, -0.2) is 0 Å². The van der Waals surface area contributed by atoms with E-state index < -0.39 is 19.6 Å². The number of benzene rings is 2. The number of fused-ring (bicyclic) bond motifs is 1. The Balaban J connectivity index is 2.86. The molecule has 94 valence electrons. The third kappa shape index (κ3) is 2.55. The highest BCUT2D eigenvalue weighted by molar-refractivity contribution is 9.10. The van der Waals surface area contributed by atoms with Crippen molar-refractivity contribution in [3.8, 4) is 0 Å². The van der Waals surface area contributed by atoms with Gasteiger partial charge in [0.25, 0.3) is 0 Å².